The molecule has 10 heteroatoms. The Bertz CT molecular complexity index is 972. The van der Waals surface area contributed by atoms with E-state index in [1.54, 1.807) is 48.5 Å². The standard InChI is InChI=1S/C26H28O10/c1-17(25(29)35-21-9-5-19(31-3)6-10-21)15-33-23(27)13-14-24(28)34-16-18(2)26(30)36-22-11-7-20(32-4)8-12-22/h5-14,17-18H,15-16H2,1-4H3/b14-13+. The molecule has 0 aliphatic carbocycles. The Labute approximate surface area is 208 Å². The number of rotatable bonds is 12. The third-order valence-electron chi connectivity index (χ3n) is 4.67. The van der Waals surface area contributed by atoms with Crippen LogP contribution in [0.4, 0.5) is 0 Å². The van der Waals surface area contributed by atoms with Crippen molar-refractivity contribution in [3.8, 4) is 23.0 Å². The van der Waals surface area contributed by atoms with Crippen LogP contribution >= 0.6 is 0 Å². The van der Waals surface area contributed by atoms with Crippen molar-refractivity contribution in [3.63, 3.8) is 0 Å². The van der Waals surface area contributed by atoms with Gasteiger partial charge in [-0.25, -0.2) is 9.59 Å². The van der Waals surface area contributed by atoms with Crippen LogP contribution in [-0.2, 0) is 28.7 Å². The Kier molecular flexibility index (Phi) is 11.0. The van der Waals surface area contributed by atoms with Gasteiger partial charge in [-0.3, -0.25) is 9.59 Å². The van der Waals surface area contributed by atoms with Crippen molar-refractivity contribution in [3.05, 3.63) is 60.7 Å². The van der Waals surface area contributed by atoms with E-state index >= 15 is 0 Å². The lowest BCUT2D eigenvalue weighted by molar-refractivity contribution is -0.148. The average molecular weight is 501 g/mol. The normalized spacial score (nSPS) is 12.2. The van der Waals surface area contributed by atoms with Crippen LogP contribution in [0.3, 0.4) is 0 Å². The number of carbonyl (C=O) groups excluding carboxylic acids is 4. The molecule has 2 unspecified atom stereocenters. The third kappa shape index (κ3) is 9.49. The van der Waals surface area contributed by atoms with E-state index in [9.17, 15) is 19.2 Å². The monoisotopic (exact) mass is 500 g/mol. The van der Waals surface area contributed by atoms with Gasteiger partial charge in [0.1, 0.15) is 36.2 Å². The number of esters is 4. The van der Waals surface area contributed by atoms with Crippen molar-refractivity contribution in [2.75, 3.05) is 27.4 Å². The van der Waals surface area contributed by atoms with Gasteiger partial charge in [-0.1, -0.05) is 0 Å². The summed E-state index contributed by atoms with van der Waals surface area (Å²) in [5.74, 6) is -2.48. The minimum Gasteiger partial charge on any atom is -0.497 e. The molecule has 2 aromatic rings. The van der Waals surface area contributed by atoms with Gasteiger partial charge in [0.15, 0.2) is 0 Å². The largest absolute Gasteiger partial charge is 0.497 e. The van der Waals surface area contributed by atoms with E-state index in [2.05, 4.69) is 0 Å². The molecule has 10 nitrogen and oxygen atoms in total. The second kappa shape index (κ2) is 14.1. The van der Waals surface area contributed by atoms with E-state index in [4.69, 9.17) is 28.4 Å². The molecular formula is C26H28O10. The highest BCUT2D eigenvalue weighted by Gasteiger charge is 2.19. The molecule has 0 bridgehead atoms. The molecule has 0 aromatic heterocycles. The first-order valence-corrected chi connectivity index (χ1v) is 10.9. The van der Waals surface area contributed by atoms with Crippen molar-refractivity contribution < 1.29 is 47.6 Å². The van der Waals surface area contributed by atoms with Crippen molar-refractivity contribution >= 4 is 23.9 Å². The maximum absolute atomic E-state index is 12.1. The van der Waals surface area contributed by atoms with Gasteiger partial charge in [0, 0.05) is 12.2 Å². The molecule has 0 aliphatic heterocycles. The maximum atomic E-state index is 12.1. The number of hydrogen-bond donors (Lipinski definition) is 0. The van der Waals surface area contributed by atoms with Crippen molar-refractivity contribution in [1.29, 1.82) is 0 Å². The third-order valence-corrected chi connectivity index (χ3v) is 4.67. The summed E-state index contributed by atoms with van der Waals surface area (Å²) in [6.07, 6.45) is 1.73. The van der Waals surface area contributed by atoms with Crippen LogP contribution in [-0.4, -0.2) is 51.3 Å². The predicted molar refractivity (Wildman–Crippen MR) is 127 cm³/mol. The van der Waals surface area contributed by atoms with Gasteiger partial charge >= 0.3 is 23.9 Å². The summed E-state index contributed by atoms with van der Waals surface area (Å²) >= 11 is 0. The molecule has 0 N–H and O–H groups in total. The highest BCUT2D eigenvalue weighted by Crippen LogP contribution is 2.19. The molecule has 0 saturated carbocycles. The zero-order valence-electron chi connectivity index (χ0n) is 20.4. The molecule has 0 fully saturated rings. The summed E-state index contributed by atoms with van der Waals surface area (Å²) in [5, 5.41) is 0. The molecule has 0 heterocycles. The quantitative estimate of drug-likeness (QED) is 0.244. The number of carbonyl (C=O) groups is 4. The summed E-state index contributed by atoms with van der Waals surface area (Å²) in [4.78, 5) is 47.9. The van der Waals surface area contributed by atoms with E-state index in [0.29, 0.717) is 23.0 Å². The number of ether oxygens (including phenoxy) is 6. The zero-order chi connectivity index (χ0) is 26.5. The van der Waals surface area contributed by atoms with Gasteiger partial charge in [0.05, 0.1) is 26.1 Å². The summed E-state index contributed by atoms with van der Waals surface area (Å²) in [6.45, 7) is 2.57. The molecule has 0 amide bonds. The van der Waals surface area contributed by atoms with E-state index in [-0.39, 0.29) is 13.2 Å². The zero-order valence-corrected chi connectivity index (χ0v) is 20.4. The first kappa shape index (κ1) is 27.9. The van der Waals surface area contributed by atoms with Crippen molar-refractivity contribution in [1.82, 2.24) is 0 Å². The molecule has 2 atom stereocenters. The lowest BCUT2D eigenvalue weighted by Gasteiger charge is -2.12. The summed E-state index contributed by atoms with van der Waals surface area (Å²) in [6, 6.07) is 12.9. The second-order valence-corrected chi connectivity index (χ2v) is 7.59. The molecule has 0 radical (unpaired) electrons. The number of methoxy groups -OCH3 is 2. The minimum absolute atomic E-state index is 0.249. The topological polar surface area (TPSA) is 124 Å². The van der Waals surface area contributed by atoms with Gasteiger partial charge in [0.25, 0.3) is 0 Å². The summed E-state index contributed by atoms with van der Waals surface area (Å²) in [5.41, 5.74) is 0. The molecule has 2 rings (SSSR count). The van der Waals surface area contributed by atoms with E-state index < -0.39 is 35.7 Å². The Morgan fingerprint density at radius 3 is 1.22 bits per heavy atom. The second-order valence-electron chi connectivity index (χ2n) is 7.59. The van der Waals surface area contributed by atoms with Crippen molar-refractivity contribution in [2.45, 2.75) is 13.8 Å². The van der Waals surface area contributed by atoms with Gasteiger partial charge < -0.3 is 28.4 Å². The minimum atomic E-state index is -0.844. The first-order chi connectivity index (χ1) is 17.2. The van der Waals surface area contributed by atoms with Crippen LogP contribution in [0.15, 0.2) is 60.7 Å². The maximum Gasteiger partial charge on any atom is 0.331 e. The molecule has 36 heavy (non-hydrogen) atoms. The van der Waals surface area contributed by atoms with E-state index in [1.807, 2.05) is 0 Å². The SMILES string of the molecule is COc1ccc(OC(=O)C(C)COC(=O)/C=C/C(=O)OCC(C)C(=O)Oc2ccc(OC)cc2)cc1. The van der Waals surface area contributed by atoms with E-state index in [0.717, 1.165) is 12.2 Å². The highest BCUT2D eigenvalue weighted by molar-refractivity contribution is 5.92. The van der Waals surface area contributed by atoms with Crippen LogP contribution in [0, 0.1) is 11.8 Å². The average Bonchev–Trinajstić information content (AvgIpc) is 2.89. The fraction of sp³-hybridized carbons (Fsp3) is 0.308. The summed E-state index contributed by atoms with van der Waals surface area (Å²) < 4.78 is 30.4. The summed E-state index contributed by atoms with van der Waals surface area (Å²) in [7, 11) is 3.04. The van der Waals surface area contributed by atoms with Gasteiger partial charge in [0.2, 0.25) is 0 Å². The van der Waals surface area contributed by atoms with Gasteiger partial charge in [-0.2, -0.15) is 0 Å². The lowest BCUT2D eigenvalue weighted by Crippen LogP contribution is -2.24. The van der Waals surface area contributed by atoms with Crippen LogP contribution in [0.5, 0.6) is 23.0 Å². The molecule has 0 aliphatic rings. The van der Waals surface area contributed by atoms with Crippen molar-refractivity contribution in [2.24, 2.45) is 11.8 Å². The van der Waals surface area contributed by atoms with Gasteiger partial charge in [-0.05, 0) is 62.4 Å². The lowest BCUT2D eigenvalue weighted by atomic mass is 10.2. The van der Waals surface area contributed by atoms with Crippen LogP contribution in [0.1, 0.15) is 13.8 Å². The van der Waals surface area contributed by atoms with Crippen LogP contribution in [0.2, 0.25) is 0 Å². The number of benzene rings is 2. The number of hydrogen-bond acceptors (Lipinski definition) is 10. The highest BCUT2D eigenvalue weighted by atomic mass is 16.6. The molecule has 192 valence electrons. The van der Waals surface area contributed by atoms with E-state index in [1.165, 1.54) is 28.1 Å². The fourth-order valence-corrected chi connectivity index (χ4v) is 2.50. The Hall–Kier alpha value is -4.34. The molecule has 0 spiro atoms. The molecular weight excluding hydrogens is 472 g/mol. The smallest absolute Gasteiger partial charge is 0.331 e. The fourth-order valence-electron chi connectivity index (χ4n) is 2.50. The Balaban J connectivity index is 1.68. The van der Waals surface area contributed by atoms with Crippen LogP contribution in [0.25, 0.3) is 0 Å². The predicted octanol–water partition coefficient (Wildman–Crippen LogP) is 3.13. The molecule has 0 saturated heterocycles. The van der Waals surface area contributed by atoms with Crippen LogP contribution < -0.4 is 18.9 Å². The Morgan fingerprint density at radius 2 is 0.917 bits per heavy atom. The van der Waals surface area contributed by atoms with Gasteiger partial charge in [-0.15, -0.1) is 0 Å². The molecule has 2 aromatic carbocycles. The Morgan fingerprint density at radius 1 is 0.611 bits per heavy atom. The first-order valence-electron chi connectivity index (χ1n) is 10.9.